The molecule has 5 heterocycles. The second-order valence-electron chi connectivity index (χ2n) is 16.4. The third-order valence-electron chi connectivity index (χ3n) is 11.8. The standard InChI is InChI=1S/C42H54O25/c1-14-27(47)31(51)35(55)39(60-14)59-13-25-30(50)33(53)37(41(64-25)61-18-8-19(45)26-20(46)10-21(62-22(26)9-18)16-4-6-17(57-3)7-5-16)67-42-38(34(54)29(49)24(65-42)12-58-15(2)44)66-40-36(56)32(52)28(48)23(11-43)63-40/h4-10,14,23-25,27-43,45,47-56H,11-13H2,1-3H3. The Labute approximate surface area is 379 Å². The topological polar surface area (TPSA) is 382 Å². The van der Waals surface area contributed by atoms with E-state index >= 15 is 0 Å². The van der Waals surface area contributed by atoms with E-state index in [0.717, 1.165) is 19.1 Å². The average molecular weight is 959 g/mol. The van der Waals surface area contributed by atoms with Gasteiger partial charge in [-0.1, -0.05) is 0 Å². The van der Waals surface area contributed by atoms with Gasteiger partial charge < -0.3 is 113 Å². The van der Waals surface area contributed by atoms with Crippen LogP contribution in [0.5, 0.6) is 17.2 Å². The monoisotopic (exact) mass is 958 g/mol. The Balaban J connectivity index is 1.23. The highest BCUT2D eigenvalue weighted by molar-refractivity contribution is 5.86. The molecule has 4 fully saturated rings. The highest BCUT2D eigenvalue weighted by Gasteiger charge is 2.55. The number of carbonyl (C=O) groups is 1. The maximum absolute atomic E-state index is 13.3. The molecule has 0 radical (unpaired) electrons. The number of fused-ring (bicyclic) bond motifs is 1. The van der Waals surface area contributed by atoms with Crippen molar-refractivity contribution in [2.45, 2.75) is 137 Å². The number of aliphatic hydroxyl groups is 11. The fraction of sp³-hybridized carbons (Fsp3) is 0.619. The molecule has 25 heteroatoms. The largest absolute Gasteiger partial charge is 0.507 e. The lowest BCUT2D eigenvalue weighted by Gasteiger charge is -2.48. The lowest BCUT2D eigenvalue weighted by molar-refractivity contribution is -0.390. The lowest BCUT2D eigenvalue weighted by Crippen LogP contribution is -2.67. The van der Waals surface area contributed by atoms with Gasteiger partial charge in [-0.25, -0.2) is 0 Å². The first-order valence-electron chi connectivity index (χ1n) is 21.0. The number of aliphatic hydroxyl groups excluding tert-OH is 11. The molecule has 20 unspecified atom stereocenters. The molecular formula is C42H54O25. The van der Waals surface area contributed by atoms with Crippen molar-refractivity contribution in [2.75, 3.05) is 26.9 Å². The highest BCUT2D eigenvalue weighted by atomic mass is 16.8. The Morgan fingerprint density at radius 3 is 1.84 bits per heavy atom. The molecule has 0 bridgehead atoms. The predicted octanol–water partition coefficient (Wildman–Crippen LogP) is -4.58. The Bertz CT molecular complexity index is 2190. The maximum Gasteiger partial charge on any atom is 0.302 e. The Morgan fingerprint density at radius 2 is 1.19 bits per heavy atom. The van der Waals surface area contributed by atoms with Crippen molar-refractivity contribution in [1.82, 2.24) is 0 Å². The summed E-state index contributed by atoms with van der Waals surface area (Å²) in [7, 11) is 1.47. The van der Waals surface area contributed by atoms with Crippen LogP contribution in [0.25, 0.3) is 22.3 Å². The van der Waals surface area contributed by atoms with Gasteiger partial charge >= 0.3 is 5.97 Å². The minimum atomic E-state index is -2.11. The normalized spacial score (nSPS) is 39.2. The number of phenols is 1. The molecule has 2 aromatic carbocycles. The van der Waals surface area contributed by atoms with Crippen molar-refractivity contribution in [3.05, 3.63) is 52.7 Å². The second-order valence-corrected chi connectivity index (χ2v) is 16.4. The van der Waals surface area contributed by atoms with Gasteiger partial charge in [-0.05, 0) is 31.2 Å². The van der Waals surface area contributed by atoms with Crippen molar-refractivity contribution in [3.63, 3.8) is 0 Å². The SMILES string of the molecule is COc1ccc(-c2cc(=O)c3c(O)cc(OC4OC(COC5OC(C)C(O)C(O)C5O)C(O)C(O)C4OC4OC(COC(C)=O)C(O)C(O)C4OC4OC(CO)C(O)C(O)C4O)cc3o2)cc1. The van der Waals surface area contributed by atoms with E-state index in [1.54, 1.807) is 24.3 Å². The number of rotatable bonds is 14. The van der Waals surface area contributed by atoms with Gasteiger partial charge in [-0.15, -0.1) is 0 Å². The molecule has 20 atom stereocenters. The Hall–Kier alpha value is -4.20. The van der Waals surface area contributed by atoms with Gasteiger partial charge in [0.05, 0.1) is 26.4 Å². The number of carbonyl (C=O) groups excluding carboxylic acids is 1. The summed E-state index contributed by atoms with van der Waals surface area (Å²) >= 11 is 0. The summed E-state index contributed by atoms with van der Waals surface area (Å²) in [5.41, 5.74) is -0.398. The molecule has 0 saturated carbocycles. The summed E-state index contributed by atoms with van der Waals surface area (Å²) in [5.74, 6) is -1.17. The first-order valence-corrected chi connectivity index (χ1v) is 21.0. The Morgan fingerprint density at radius 1 is 0.627 bits per heavy atom. The summed E-state index contributed by atoms with van der Waals surface area (Å²) in [5, 5.41) is 129. The molecular weight excluding hydrogens is 904 g/mol. The van der Waals surface area contributed by atoms with Gasteiger partial charge in [0.25, 0.3) is 0 Å². The third kappa shape index (κ3) is 10.7. The van der Waals surface area contributed by atoms with Crippen LogP contribution in [0.3, 0.4) is 0 Å². The molecule has 0 aliphatic carbocycles. The lowest BCUT2D eigenvalue weighted by atomic mass is 9.96. The summed E-state index contributed by atoms with van der Waals surface area (Å²) in [4.78, 5) is 25.1. The van der Waals surface area contributed by atoms with Crippen LogP contribution in [0.4, 0.5) is 0 Å². The molecule has 25 nitrogen and oxygen atoms in total. The van der Waals surface area contributed by atoms with Gasteiger partial charge in [0, 0.05) is 30.7 Å². The number of benzene rings is 2. The van der Waals surface area contributed by atoms with Gasteiger partial charge in [0.1, 0.15) is 126 Å². The maximum atomic E-state index is 13.3. The van der Waals surface area contributed by atoms with Gasteiger partial charge in [0.2, 0.25) is 6.29 Å². The molecule has 1 aromatic heterocycles. The minimum absolute atomic E-state index is 0.0746. The molecule has 67 heavy (non-hydrogen) atoms. The van der Waals surface area contributed by atoms with Gasteiger partial charge in [0.15, 0.2) is 30.4 Å². The van der Waals surface area contributed by atoms with Crippen LogP contribution in [-0.2, 0) is 42.7 Å². The zero-order valence-corrected chi connectivity index (χ0v) is 35.9. The third-order valence-corrected chi connectivity index (χ3v) is 11.8. The zero-order chi connectivity index (χ0) is 48.6. The predicted molar refractivity (Wildman–Crippen MR) is 217 cm³/mol. The van der Waals surface area contributed by atoms with Crippen molar-refractivity contribution in [2.24, 2.45) is 0 Å². The molecule has 7 rings (SSSR count). The number of hydrogen-bond acceptors (Lipinski definition) is 25. The van der Waals surface area contributed by atoms with Crippen LogP contribution in [-0.4, -0.2) is 217 Å². The van der Waals surface area contributed by atoms with Crippen LogP contribution in [0.1, 0.15) is 13.8 Å². The van der Waals surface area contributed by atoms with Crippen LogP contribution < -0.4 is 14.9 Å². The average Bonchev–Trinajstić information content (AvgIpc) is 3.30. The second kappa shape index (κ2) is 21.2. The van der Waals surface area contributed by atoms with E-state index < -0.39 is 160 Å². The zero-order valence-electron chi connectivity index (χ0n) is 35.9. The van der Waals surface area contributed by atoms with Gasteiger partial charge in [-0.2, -0.15) is 0 Å². The van der Waals surface area contributed by atoms with Crippen molar-refractivity contribution in [3.8, 4) is 28.6 Å². The smallest absolute Gasteiger partial charge is 0.302 e. The molecule has 0 amide bonds. The van der Waals surface area contributed by atoms with E-state index in [1.165, 1.54) is 20.1 Å². The van der Waals surface area contributed by atoms with Crippen LogP contribution in [0, 0.1) is 0 Å². The minimum Gasteiger partial charge on any atom is -0.507 e. The first-order chi connectivity index (χ1) is 31.8. The summed E-state index contributed by atoms with van der Waals surface area (Å²) in [6.07, 6.45) is -36.2. The molecule has 12 N–H and O–H groups in total. The first kappa shape index (κ1) is 50.7. The molecule has 4 aliphatic rings. The highest BCUT2D eigenvalue weighted by Crippen LogP contribution is 2.37. The summed E-state index contributed by atoms with van der Waals surface area (Å²) in [6, 6.07) is 9.81. The van der Waals surface area contributed by atoms with Crippen LogP contribution in [0.15, 0.2) is 51.7 Å². The molecule has 4 saturated heterocycles. The number of esters is 1. The number of phenolic OH excluding ortho intramolecular Hbond substituents is 1. The van der Waals surface area contributed by atoms with Crippen molar-refractivity contribution < 1.29 is 118 Å². The van der Waals surface area contributed by atoms with E-state index in [-0.39, 0.29) is 22.5 Å². The summed E-state index contributed by atoms with van der Waals surface area (Å²) in [6.45, 7) is 0.174. The van der Waals surface area contributed by atoms with E-state index in [1.807, 2.05) is 0 Å². The summed E-state index contributed by atoms with van der Waals surface area (Å²) < 4.78 is 62.8. The van der Waals surface area contributed by atoms with E-state index in [9.17, 15) is 70.9 Å². The molecule has 4 aliphatic heterocycles. The quantitative estimate of drug-likeness (QED) is 0.0677. The fourth-order valence-electron chi connectivity index (χ4n) is 7.95. The molecule has 0 spiro atoms. The van der Waals surface area contributed by atoms with Crippen molar-refractivity contribution in [1.29, 1.82) is 0 Å². The van der Waals surface area contributed by atoms with Crippen LogP contribution in [0.2, 0.25) is 0 Å². The van der Waals surface area contributed by atoms with E-state index in [4.69, 9.17) is 51.8 Å². The number of hydrogen-bond donors (Lipinski definition) is 12. The van der Waals surface area contributed by atoms with Gasteiger partial charge in [-0.3, -0.25) is 9.59 Å². The fourth-order valence-corrected chi connectivity index (χ4v) is 7.95. The van der Waals surface area contributed by atoms with E-state index in [2.05, 4.69) is 0 Å². The number of ether oxygens (including phenoxy) is 10. The Kier molecular flexibility index (Phi) is 16.0. The van der Waals surface area contributed by atoms with Crippen molar-refractivity contribution >= 4 is 16.9 Å². The van der Waals surface area contributed by atoms with Crippen LogP contribution >= 0.6 is 0 Å². The number of aromatic hydroxyl groups is 1. The molecule has 3 aromatic rings. The number of methoxy groups -OCH3 is 1. The van der Waals surface area contributed by atoms with E-state index in [0.29, 0.717) is 11.3 Å². The molecule has 372 valence electrons.